The largest absolute Gasteiger partial charge is 0.356 e. The molecule has 1 fully saturated rings. The summed E-state index contributed by atoms with van der Waals surface area (Å²) in [6.45, 7) is 4.13. The van der Waals surface area contributed by atoms with Gasteiger partial charge >= 0.3 is 0 Å². The zero-order chi connectivity index (χ0) is 17.9. The molecule has 8 nitrogen and oxygen atoms in total. The fourth-order valence-electron chi connectivity index (χ4n) is 3.10. The number of aromatic nitrogens is 3. The SMILES string of the molecule is CCc1nncn1CCNC(=NC)NCCC(=O)NC1CCCCC1.I. The van der Waals surface area contributed by atoms with Crippen molar-refractivity contribution >= 4 is 35.8 Å². The number of rotatable bonds is 8. The van der Waals surface area contributed by atoms with Crippen molar-refractivity contribution in [2.24, 2.45) is 4.99 Å². The van der Waals surface area contributed by atoms with Gasteiger partial charge in [-0.3, -0.25) is 9.79 Å². The van der Waals surface area contributed by atoms with Crippen LogP contribution in [-0.2, 0) is 17.8 Å². The van der Waals surface area contributed by atoms with Crippen LogP contribution in [0.3, 0.4) is 0 Å². The fraction of sp³-hybridized carbons (Fsp3) is 0.765. The molecule has 1 amide bonds. The highest BCUT2D eigenvalue weighted by Gasteiger charge is 2.15. The summed E-state index contributed by atoms with van der Waals surface area (Å²) < 4.78 is 2.03. The molecule has 9 heteroatoms. The fourth-order valence-corrected chi connectivity index (χ4v) is 3.10. The molecule has 1 aromatic heterocycles. The summed E-state index contributed by atoms with van der Waals surface area (Å²) in [6, 6.07) is 0.371. The van der Waals surface area contributed by atoms with Gasteiger partial charge in [0.25, 0.3) is 0 Å². The second-order valence-corrected chi connectivity index (χ2v) is 6.37. The third kappa shape index (κ3) is 7.88. The van der Waals surface area contributed by atoms with Gasteiger partial charge in [0, 0.05) is 45.6 Å². The second kappa shape index (κ2) is 12.9. The van der Waals surface area contributed by atoms with Gasteiger partial charge in [-0.25, -0.2) is 0 Å². The first-order valence-corrected chi connectivity index (χ1v) is 9.33. The van der Waals surface area contributed by atoms with E-state index in [2.05, 4.69) is 38.1 Å². The van der Waals surface area contributed by atoms with Gasteiger partial charge in [0.15, 0.2) is 5.96 Å². The summed E-state index contributed by atoms with van der Waals surface area (Å²) in [4.78, 5) is 16.2. The van der Waals surface area contributed by atoms with Gasteiger partial charge in [0.2, 0.25) is 5.91 Å². The number of aryl methyl sites for hydroxylation is 1. The summed E-state index contributed by atoms with van der Waals surface area (Å²) in [5.41, 5.74) is 0. The number of carbonyl (C=O) groups excluding carboxylic acids is 1. The van der Waals surface area contributed by atoms with Gasteiger partial charge in [0.05, 0.1) is 0 Å². The van der Waals surface area contributed by atoms with E-state index in [9.17, 15) is 4.79 Å². The Kier molecular flexibility index (Phi) is 11.2. The van der Waals surface area contributed by atoms with Crippen molar-refractivity contribution in [2.45, 2.75) is 64.5 Å². The standard InChI is InChI=1S/C17H31N7O.HI/c1-3-15-23-21-13-24(15)12-11-20-17(18-2)19-10-9-16(25)22-14-7-5-4-6-8-14;/h13-14H,3-12H2,1-2H3,(H,22,25)(H2,18,19,20);1H. The van der Waals surface area contributed by atoms with Crippen LogP contribution in [0.25, 0.3) is 0 Å². The summed E-state index contributed by atoms with van der Waals surface area (Å²) in [5.74, 6) is 1.80. The molecule has 0 unspecified atom stereocenters. The van der Waals surface area contributed by atoms with E-state index in [1.165, 1.54) is 19.3 Å². The molecule has 1 heterocycles. The van der Waals surface area contributed by atoms with Crippen LogP contribution in [0, 0.1) is 0 Å². The summed E-state index contributed by atoms with van der Waals surface area (Å²) in [6.07, 6.45) is 9.05. The Morgan fingerprint density at radius 2 is 2.00 bits per heavy atom. The van der Waals surface area contributed by atoms with Gasteiger partial charge < -0.3 is 20.5 Å². The highest BCUT2D eigenvalue weighted by Crippen LogP contribution is 2.17. The molecular formula is C17H32IN7O. The summed E-state index contributed by atoms with van der Waals surface area (Å²) >= 11 is 0. The van der Waals surface area contributed by atoms with E-state index in [4.69, 9.17) is 0 Å². The van der Waals surface area contributed by atoms with Crippen molar-refractivity contribution in [3.63, 3.8) is 0 Å². The maximum Gasteiger partial charge on any atom is 0.221 e. The van der Waals surface area contributed by atoms with Crippen molar-refractivity contribution in [1.82, 2.24) is 30.7 Å². The highest BCUT2D eigenvalue weighted by molar-refractivity contribution is 14.0. The van der Waals surface area contributed by atoms with Crippen molar-refractivity contribution in [3.05, 3.63) is 12.2 Å². The lowest BCUT2D eigenvalue weighted by Crippen LogP contribution is -2.42. The van der Waals surface area contributed by atoms with E-state index in [-0.39, 0.29) is 29.9 Å². The predicted molar refractivity (Wildman–Crippen MR) is 114 cm³/mol. The van der Waals surface area contributed by atoms with Crippen LogP contribution in [-0.4, -0.2) is 52.8 Å². The maximum atomic E-state index is 12.0. The second-order valence-electron chi connectivity index (χ2n) is 6.37. The van der Waals surface area contributed by atoms with Crippen molar-refractivity contribution < 1.29 is 4.79 Å². The Bertz CT molecular complexity index is 555. The van der Waals surface area contributed by atoms with E-state index < -0.39 is 0 Å². The Morgan fingerprint density at radius 1 is 1.27 bits per heavy atom. The minimum Gasteiger partial charge on any atom is -0.356 e. The monoisotopic (exact) mass is 477 g/mol. The number of nitrogens with one attached hydrogen (secondary N) is 3. The molecule has 0 spiro atoms. The van der Waals surface area contributed by atoms with Gasteiger partial charge in [-0.15, -0.1) is 34.2 Å². The van der Waals surface area contributed by atoms with Crippen LogP contribution < -0.4 is 16.0 Å². The van der Waals surface area contributed by atoms with Crippen LogP contribution in [0.5, 0.6) is 0 Å². The Labute approximate surface area is 173 Å². The quantitative estimate of drug-likeness (QED) is 0.300. The van der Waals surface area contributed by atoms with Gasteiger partial charge in [0.1, 0.15) is 12.2 Å². The minimum atomic E-state index is 0. The van der Waals surface area contributed by atoms with Gasteiger partial charge in [-0.2, -0.15) is 0 Å². The number of aliphatic imine (C=N–C) groups is 1. The molecule has 1 aliphatic rings. The van der Waals surface area contributed by atoms with Crippen LogP contribution in [0.15, 0.2) is 11.3 Å². The van der Waals surface area contributed by atoms with Crippen LogP contribution in [0.4, 0.5) is 0 Å². The Hall–Kier alpha value is -1.39. The molecule has 0 saturated heterocycles. The number of guanidine groups is 1. The molecule has 1 aliphatic carbocycles. The molecule has 148 valence electrons. The lowest BCUT2D eigenvalue weighted by atomic mass is 9.95. The molecule has 3 N–H and O–H groups in total. The number of hydrogen-bond donors (Lipinski definition) is 3. The number of nitrogens with zero attached hydrogens (tertiary/aromatic N) is 4. The smallest absolute Gasteiger partial charge is 0.221 e. The maximum absolute atomic E-state index is 12.0. The highest BCUT2D eigenvalue weighted by atomic mass is 127. The average Bonchev–Trinajstić information content (AvgIpc) is 3.08. The molecular weight excluding hydrogens is 445 g/mol. The Morgan fingerprint density at radius 3 is 2.69 bits per heavy atom. The average molecular weight is 477 g/mol. The molecule has 0 radical (unpaired) electrons. The number of hydrogen-bond acceptors (Lipinski definition) is 4. The molecule has 26 heavy (non-hydrogen) atoms. The van der Waals surface area contributed by atoms with Crippen LogP contribution in [0.2, 0.25) is 0 Å². The van der Waals surface area contributed by atoms with E-state index in [0.29, 0.717) is 25.0 Å². The lowest BCUT2D eigenvalue weighted by Gasteiger charge is -2.22. The zero-order valence-electron chi connectivity index (χ0n) is 15.8. The first-order chi connectivity index (χ1) is 12.2. The number of carbonyl (C=O) groups is 1. The summed E-state index contributed by atoms with van der Waals surface area (Å²) in [5, 5.41) is 17.5. The molecule has 2 rings (SSSR count). The Balaban J connectivity index is 0.00000338. The van der Waals surface area contributed by atoms with Crippen LogP contribution in [0.1, 0.15) is 51.3 Å². The first kappa shape index (κ1) is 22.7. The zero-order valence-corrected chi connectivity index (χ0v) is 18.2. The van der Waals surface area contributed by atoms with E-state index in [1.807, 2.05) is 4.57 Å². The molecule has 0 atom stereocenters. The van der Waals surface area contributed by atoms with Crippen molar-refractivity contribution in [2.75, 3.05) is 20.1 Å². The molecule has 1 aromatic rings. The third-order valence-electron chi connectivity index (χ3n) is 4.50. The van der Waals surface area contributed by atoms with Gasteiger partial charge in [-0.1, -0.05) is 26.2 Å². The normalized spacial score (nSPS) is 15.2. The number of halogens is 1. The minimum absolute atomic E-state index is 0. The van der Waals surface area contributed by atoms with Gasteiger partial charge in [-0.05, 0) is 12.8 Å². The molecule has 0 aliphatic heterocycles. The number of amides is 1. The topological polar surface area (TPSA) is 96.2 Å². The molecule has 0 aromatic carbocycles. The van der Waals surface area contributed by atoms with Crippen molar-refractivity contribution in [1.29, 1.82) is 0 Å². The molecule has 1 saturated carbocycles. The summed E-state index contributed by atoms with van der Waals surface area (Å²) in [7, 11) is 1.73. The predicted octanol–water partition coefficient (Wildman–Crippen LogP) is 1.46. The van der Waals surface area contributed by atoms with E-state index in [1.54, 1.807) is 13.4 Å². The lowest BCUT2D eigenvalue weighted by molar-refractivity contribution is -0.121. The third-order valence-corrected chi connectivity index (χ3v) is 4.50. The first-order valence-electron chi connectivity index (χ1n) is 9.33. The van der Waals surface area contributed by atoms with Crippen LogP contribution >= 0.6 is 24.0 Å². The van der Waals surface area contributed by atoms with Crippen molar-refractivity contribution in [3.8, 4) is 0 Å². The van der Waals surface area contributed by atoms with E-state index in [0.717, 1.165) is 38.2 Å². The molecule has 0 bridgehead atoms. The van der Waals surface area contributed by atoms with E-state index >= 15 is 0 Å².